The fraction of sp³-hybridized carbons (Fsp3) is 0.0435. The molecule has 3 N–H and O–H groups in total. The Balaban J connectivity index is 1.45. The molecule has 0 saturated carbocycles. The lowest BCUT2D eigenvalue weighted by Gasteiger charge is -2.14. The molecule has 4 aromatic rings. The fourth-order valence-electron chi connectivity index (χ4n) is 3.00. The lowest BCUT2D eigenvalue weighted by molar-refractivity contribution is -0.119. The molecule has 0 radical (unpaired) electrons. The number of halogens is 1. The van der Waals surface area contributed by atoms with E-state index in [1.54, 1.807) is 18.2 Å². The molecule has 0 aliphatic rings. The molecule has 166 valence electrons. The van der Waals surface area contributed by atoms with Crippen LogP contribution in [0, 0.1) is 0 Å². The third-order valence-corrected chi connectivity index (χ3v) is 6.18. The molecule has 0 atom stereocenters. The molecule has 0 fully saturated rings. The average molecular weight is 540 g/mol. The number of carbonyl (C=O) groups excluding carboxylic acids is 1. The van der Waals surface area contributed by atoms with E-state index in [2.05, 4.69) is 37.1 Å². The van der Waals surface area contributed by atoms with Gasteiger partial charge in [0.25, 0.3) is 5.56 Å². The second-order valence-electron chi connectivity index (χ2n) is 6.81. The number of para-hydroxylation sites is 2. The average Bonchev–Trinajstić information content (AvgIpc) is 2.83. The van der Waals surface area contributed by atoms with Crippen LogP contribution in [0.25, 0.3) is 16.6 Å². The van der Waals surface area contributed by atoms with Crippen molar-refractivity contribution in [3.05, 3.63) is 93.7 Å². The highest BCUT2D eigenvalue weighted by Crippen LogP contribution is 2.21. The molecule has 7 nitrogen and oxygen atoms in total. The molecular formula is C23H18BrN5O2S2. The molecule has 0 spiro atoms. The van der Waals surface area contributed by atoms with Gasteiger partial charge in [-0.1, -0.05) is 58.0 Å². The van der Waals surface area contributed by atoms with Crippen LogP contribution in [0.1, 0.15) is 0 Å². The van der Waals surface area contributed by atoms with E-state index in [1.165, 1.54) is 16.3 Å². The van der Waals surface area contributed by atoms with Gasteiger partial charge in [-0.25, -0.2) is 4.98 Å². The zero-order chi connectivity index (χ0) is 23.2. The second kappa shape index (κ2) is 10.6. The third kappa shape index (κ3) is 5.78. The maximum absolute atomic E-state index is 13.2. The maximum Gasteiger partial charge on any atom is 0.266 e. The van der Waals surface area contributed by atoms with Crippen LogP contribution in [0.3, 0.4) is 0 Å². The lowest BCUT2D eigenvalue weighted by atomic mass is 10.2. The van der Waals surface area contributed by atoms with Gasteiger partial charge < -0.3 is 5.32 Å². The summed E-state index contributed by atoms with van der Waals surface area (Å²) in [5, 5.41) is 4.17. The summed E-state index contributed by atoms with van der Waals surface area (Å²) in [5.74, 6) is -0.284. The van der Waals surface area contributed by atoms with E-state index < -0.39 is 0 Å². The van der Waals surface area contributed by atoms with Crippen molar-refractivity contribution in [2.75, 3.05) is 11.1 Å². The minimum Gasteiger partial charge on any atom is -0.331 e. The second-order valence-corrected chi connectivity index (χ2v) is 9.08. The number of benzene rings is 3. The number of hydrazine groups is 1. The van der Waals surface area contributed by atoms with Gasteiger partial charge in [-0.3, -0.25) is 25.0 Å². The van der Waals surface area contributed by atoms with Gasteiger partial charge in [-0.05, 0) is 60.7 Å². The van der Waals surface area contributed by atoms with Crippen LogP contribution in [0.4, 0.5) is 5.69 Å². The van der Waals surface area contributed by atoms with Crippen LogP contribution < -0.4 is 21.7 Å². The highest BCUT2D eigenvalue weighted by molar-refractivity contribution is 9.10. The summed E-state index contributed by atoms with van der Waals surface area (Å²) in [6, 6.07) is 23.8. The topological polar surface area (TPSA) is 88.0 Å². The number of hydrogen-bond donors (Lipinski definition) is 3. The lowest BCUT2D eigenvalue weighted by Crippen LogP contribution is -2.44. The summed E-state index contributed by atoms with van der Waals surface area (Å²) in [4.78, 5) is 30.2. The fourth-order valence-corrected chi connectivity index (χ4v) is 4.25. The first kappa shape index (κ1) is 23.0. The van der Waals surface area contributed by atoms with Crippen LogP contribution in [0.15, 0.2) is 93.3 Å². The predicted octanol–water partition coefficient (Wildman–Crippen LogP) is 4.26. The molecule has 4 rings (SSSR count). The predicted molar refractivity (Wildman–Crippen MR) is 140 cm³/mol. The number of anilines is 1. The molecular weight excluding hydrogens is 522 g/mol. The number of thiocarbonyl (C=S) groups is 1. The van der Waals surface area contributed by atoms with E-state index in [9.17, 15) is 9.59 Å². The number of fused-ring (bicyclic) bond motifs is 1. The molecule has 0 unspecified atom stereocenters. The number of nitrogens with one attached hydrogen (secondary N) is 3. The van der Waals surface area contributed by atoms with E-state index in [-0.39, 0.29) is 22.3 Å². The Morgan fingerprint density at radius 1 is 0.970 bits per heavy atom. The van der Waals surface area contributed by atoms with Crippen molar-refractivity contribution in [1.29, 1.82) is 0 Å². The molecule has 0 aliphatic carbocycles. The van der Waals surface area contributed by atoms with E-state index >= 15 is 0 Å². The number of rotatable bonds is 5. The first-order valence-corrected chi connectivity index (χ1v) is 12.0. The van der Waals surface area contributed by atoms with Gasteiger partial charge in [0.05, 0.1) is 22.3 Å². The monoisotopic (exact) mass is 539 g/mol. The summed E-state index contributed by atoms with van der Waals surface area (Å²) < 4.78 is 2.47. The third-order valence-electron chi connectivity index (χ3n) is 4.51. The number of hydrogen-bond acceptors (Lipinski definition) is 5. The number of amides is 1. The molecule has 33 heavy (non-hydrogen) atoms. The van der Waals surface area contributed by atoms with Gasteiger partial charge in [0.15, 0.2) is 10.3 Å². The summed E-state index contributed by atoms with van der Waals surface area (Å²) in [5.41, 5.74) is 7.09. The number of aromatic nitrogens is 2. The molecule has 0 saturated heterocycles. The highest BCUT2D eigenvalue weighted by Gasteiger charge is 2.14. The van der Waals surface area contributed by atoms with E-state index in [0.29, 0.717) is 21.7 Å². The number of nitrogens with zero attached hydrogens (tertiary/aromatic N) is 2. The summed E-state index contributed by atoms with van der Waals surface area (Å²) >= 11 is 9.75. The Hall–Kier alpha value is -3.21. The molecule has 1 aromatic heterocycles. The van der Waals surface area contributed by atoms with Crippen molar-refractivity contribution in [3.63, 3.8) is 0 Å². The number of carbonyl (C=O) groups is 1. The number of thioether (sulfide) groups is 1. The summed E-state index contributed by atoms with van der Waals surface area (Å²) in [7, 11) is 0. The SMILES string of the molecule is O=C(CSc1nc2ccccc2c(=O)n1-c1ccccc1)NNC(=S)Nc1ccc(Br)cc1. The molecule has 0 bridgehead atoms. The zero-order valence-electron chi connectivity index (χ0n) is 17.1. The van der Waals surface area contributed by atoms with Crippen molar-refractivity contribution in [1.82, 2.24) is 20.4 Å². The summed E-state index contributed by atoms with van der Waals surface area (Å²) in [6.45, 7) is 0. The molecule has 3 aromatic carbocycles. The van der Waals surface area contributed by atoms with E-state index in [4.69, 9.17) is 12.2 Å². The Bertz CT molecular complexity index is 1360. The van der Waals surface area contributed by atoms with Gasteiger partial charge >= 0.3 is 0 Å². The minimum atomic E-state index is -0.318. The van der Waals surface area contributed by atoms with Crippen LogP contribution in [0.2, 0.25) is 0 Å². The first-order chi connectivity index (χ1) is 16.0. The normalized spacial score (nSPS) is 10.6. The van der Waals surface area contributed by atoms with Crippen LogP contribution in [0.5, 0.6) is 0 Å². The molecule has 1 heterocycles. The van der Waals surface area contributed by atoms with E-state index in [0.717, 1.165) is 10.2 Å². The quantitative estimate of drug-likeness (QED) is 0.151. The Morgan fingerprint density at radius 2 is 1.67 bits per heavy atom. The zero-order valence-corrected chi connectivity index (χ0v) is 20.3. The summed E-state index contributed by atoms with van der Waals surface area (Å²) in [6.07, 6.45) is 0. The van der Waals surface area contributed by atoms with Crippen molar-refractivity contribution in [2.24, 2.45) is 0 Å². The standard InChI is InChI=1S/C23H18BrN5O2S2/c24-15-10-12-16(13-11-15)25-22(32)28-27-20(30)14-33-23-26-19-9-5-4-8-18(19)21(31)29(23)17-6-2-1-3-7-17/h1-13H,14H2,(H,27,30)(H2,25,28,32). The minimum absolute atomic E-state index is 0.0332. The molecule has 10 heteroatoms. The van der Waals surface area contributed by atoms with Crippen molar-refractivity contribution in [3.8, 4) is 5.69 Å². The van der Waals surface area contributed by atoms with Gasteiger partial charge in [0.2, 0.25) is 5.91 Å². The Morgan fingerprint density at radius 3 is 2.42 bits per heavy atom. The van der Waals surface area contributed by atoms with Crippen LogP contribution >= 0.6 is 39.9 Å². The first-order valence-electron chi connectivity index (χ1n) is 9.83. The van der Waals surface area contributed by atoms with Gasteiger partial charge in [-0.15, -0.1) is 0 Å². The van der Waals surface area contributed by atoms with Crippen molar-refractivity contribution in [2.45, 2.75) is 5.16 Å². The smallest absolute Gasteiger partial charge is 0.266 e. The largest absolute Gasteiger partial charge is 0.331 e. The van der Waals surface area contributed by atoms with Gasteiger partial charge in [0.1, 0.15) is 0 Å². The maximum atomic E-state index is 13.2. The van der Waals surface area contributed by atoms with Crippen LogP contribution in [-0.4, -0.2) is 26.3 Å². The van der Waals surface area contributed by atoms with Crippen molar-refractivity contribution < 1.29 is 4.79 Å². The van der Waals surface area contributed by atoms with Crippen molar-refractivity contribution >= 4 is 67.5 Å². The van der Waals surface area contributed by atoms with Gasteiger partial charge in [-0.2, -0.15) is 0 Å². The highest BCUT2D eigenvalue weighted by atomic mass is 79.9. The Labute approximate surface area is 207 Å². The van der Waals surface area contributed by atoms with Gasteiger partial charge in [0, 0.05) is 10.2 Å². The van der Waals surface area contributed by atoms with E-state index in [1.807, 2.05) is 60.7 Å². The Kier molecular flexibility index (Phi) is 7.38. The molecule has 0 aliphatic heterocycles. The molecule has 1 amide bonds. The van der Waals surface area contributed by atoms with Crippen LogP contribution in [-0.2, 0) is 4.79 Å².